The van der Waals surface area contributed by atoms with Gasteiger partial charge in [-0.05, 0) is 50.5 Å². The first-order chi connectivity index (χ1) is 13.7. The summed E-state index contributed by atoms with van der Waals surface area (Å²) in [5, 5.41) is 4.38. The quantitative estimate of drug-likeness (QED) is 0.636. The second kappa shape index (κ2) is 7.40. The third-order valence-corrected chi connectivity index (χ3v) is 7.81. The average Bonchev–Trinajstić information content (AvgIpc) is 3.31. The van der Waals surface area contributed by atoms with E-state index in [9.17, 15) is 9.59 Å². The van der Waals surface area contributed by atoms with Crippen molar-refractivity contribution in [1.82, 2.24) is 15.0 Å². The van der Waals surface area contributed by atoms with Crippen molar-refractivity contribution in [2.75, 3.05) is 5.32 Å². The molecule has 0 saturated heterocycles. The summed E-state index contributed by atoms with van der Waals surface area (Å²) in [6.45, 7) is 0. The van der Waals surface area contributed by atoms with Crippen LogP contribution in [0.15, 0.2) is 4.79 Å². The Morgan fingerprint density at radius 2 is 1.86 bits per heavy atom. The van der Waals surface area contributed by atoms with Crippen molar-refractivity contribution in [3.63, 3.8) is 0 Å². The Kier molecular flexibility index (Phi) is 4.76. The van der Waals surface area contributed by atoms with E-state index in [1.54, 1.807) is 22.7 Å². The molecule has 3 heterocycles. The number of nitrogens with one attached hydrogen (secondary N) is 2. The molecule has 28 heavy (non-hydrogen) atoms. The molecule has 0 bridgehead atoms. The number of nitrogens with zero attached hydrogens (tertiary/aromatic N) is 2. The molecule has 0 fully saturated rings. The third kappa shape index (κ3) is 3.39. The topological polar surface area (TPSA) is 87.7 Å². The first kappa shape index (κ1) is 18.0. The van der Waals surface area contributed by atoms with Gasteiger partial charge in [-0.1, -0.05) is 6.42 Å². The van der Waals surface area contributed by atoms with E-state index in [0.717, 1.165) is 48.0 Å². The van der Waals surface area contributed by atoms with Gasteiger partial charge in [0.15, 0.2) is 5.13 Å². The number of hydrogen-bond donors (Lipinski definition) is 2. The van der Waals surface area contributed by atoms with Crippen LogP contribution in [0, 0.1) is 0 Å². The van der Waals surface area contributed by atoms with E-state index in [4.69, 9.17) is 0 Å². The highest BCUT2D eigenvalue weighted by Gasteiger charge is 2.21. The first-order valence-corrected chi connectivity index (χ1v) is 11.6. The number of carbonyl (C=O) groups is 1. The van der Waals surface area contributed by atoms with Crippen LogP contribution >= 0.6 is 22.7 Å². The van der Waals surface area contributed by atoms with Gasteiger partial charge in [-0.2, -0.15) is 0 Å². The Hall–Kier alpha value is -2.06. The number of H-pyrrole nitrogens is 1. The molecule has 0 aliphatic heterocycles. The molecule has 146 valence electrons. The highest BCUT2D eigenvalue weighted by atomic mass is 32.1. The largest absolute Gasteiger partial charge is 0.310 e. The molecular formula is C20H22N4O2S2. The Morgan fingerprint density at radius 3 is 2.79 bits per heavy atom. The normalized spacial score (nSPS) is 16.0. The summed E-state index contributed by atoms with van der Waals surface area (Å²) in [4.78, 5) is 40.4. The molecule has 0 radical (unpaired) electrons. The Balaban J connectivity index is 1.26. The van der Waals surface area contributed by atoms with Crippen molar-refractivity contribution in [2.24, 2.45) is 0 Å². The number of amides is 1. The van der Waals surface area contributed by atoms with Crippen molar-refractivity contribution in [3.8, 4) is 0 Å². The summed E-state index contributed by atoms with van der Waals surface area (Å²) in [5.74, 6) is 0.503. The lowest BCUT2D eigenvalue weighted by molar-refractivity contribution is -0.116. The monoisotopic (exact) mass is 414 g/mol. The Morgan fingerprint density at radius 1 is 1.00 bits per heavy atom. The molecular weight excluding hydrogens is 392 g/mol. The summed E-state index contributed by atoms with van der Waals surface area (Å²) in [6, 6.07) is 0. The molecule has 2 N–H and O–H groups in total. The van der Waals surface area contributed by atoms with Crippen LogP contribution in [0.4, 0.5) is 5.13 Å². The van der Waals surface area contributed by atoms with Crippen LogP contribution in [-0.2, 0) is 36.9 Å². The van der Waals surface area contributed by atoms with Gasteiger partial charge in [-0.15, -0.1) is 22.7 Å². The van der Waals surface area contributed by atoms with Gasteiger partial charge in [0.25, 0.3) is 5.56 Å². The molecule has 0 spiro atoms. The van der Waals surface area contributed by atoms with Crippen LogP contribution in [0.1, 0.15) is 58.9 Å². The summed E-state index contributed by atoms with van der Waals surface area (Å²) >= 11 is 3.23. The van der Waals surface area contributed by atoms with Crippen LogP contribution in [0.3, 0.4) is 0 Å². The fraction of sp³-hybridized carbons (Fsp3) is 0.500. The van der Waals surface area contributed by atoms with Crippen LogP contribution in [0.2, 0.25) is 0 Å². The minimum absolute atomic E-state index is 0.0662. The predicted molar refractivity (Wildman–Crippen MR) is 113 cm³/mol. The number of aromatic nitrogens is 3. The van der Waals surface area contributed by atoms with Crippen molar-refractivity contribution in [1.29, 1.82) is 0 Å². The highest BCUT2D eigenvalue weighted by Crippen LogP contribution is 2.34. The van der Waals surface area contributed by atoms with E-state index in [1.165, 1.54) is 34.6 Å². The van der Waals surface area contributed by atoms with Crippen LogP contribution in [-0.4, -0.2) is 20.9 Å². The maximum atomic E-state index is 12.5. The maximum Gasteiger partial charge on any atom is 0.259 e. The molecule has 6 nitrogen and oxygen atoms in total. The molecule has 2 aliphatic rings. The minimum atomic E-state index is -0.0830. The van der Waals surface area contributed by atoms with Crippen molar-refractivity contribution < 1.29 is 4.79 Å². The van der Waals surface area contributed by atoms with E-state index in [1.807, 2.05) is 0 Å². The number of thiophene rings is 1. The summed E-state index contributed by atoms with van der Waals surface area (Å²) in [5.41, 5.74) is 2.27. The van der Waals surface area contributed by atoms with E-state index < -0.39 is 0 Å². The van der Waals surface area contributed by atoms with E-state index in [0.29, 0.717) is 17.4 Å². The maximum absolute atomic E-state index is 12.5. The smallest absolute Gasteiger partial charge is 0.259 e. The average molecular weight is 415 g/mol. The van der Waals surface area contributed by atoms with Gasteiger partial charge in [0.1, 0.15) is 10.7 Å². The number of aromatic amines is 1. The standard InChI is InChI=1S/C20H22N4O2S2/c25-16(24-20-21-12-6-2-1-3-7-14(12)28-20)10-9-15-22-18(26)17-11-5-4-8-13(11)27-19(17)23-15/h1-10H2,(H,21,24,25)(H,22,23,26). The number of fused-ring (bicyclic) bond motifs is 4. The molecule has 8 heteroatoms. The molecule has 0 atom stereocenters. The molecule has 2 aliphatic carbocycles. The molecule has 3 aromatic rings. The molecule has 0 aromatic carbocycles. The number of aryl methyl sites for hydroxylation is 5. The second-order valence-electron chi connectivity index (χ2n) is 7.55. The minimum Gasteiger partial charge on any atom is -0.310 e. The zero-order chi connectivity index (χ0) is 19.1. The van der Waals surface area contributed by atoms with Crippen LogP contribution < -0.4 is 10.9 Å². The van der Waals surface area contributed by atoms with Gasteiger partial charge < -0.3 is 10.3 Å². The lowest BCUT2D eigenvalue weighted by Crippen LogP contribution is -2.16. The van der Waals surface area contributed by atoms with E-state index in [2.05, 4.69) is 20.3 Å². The van der Waals surface area contributed by atoms with Gasteiger partial charge in [0, 0.05) is 22.6 Å². The first-order valence-electron chi connectivity index (χ1n) is 9.99. The van der Waals surface area contributed by atoms with E-state index >= 15 is 0 Å². The molecule has 5 rings (SSSR count). The number of anilines is 1. The zero-order valence-corrected chi connectivity index (χ0v) is 17.2. The van der Waals surface area contributed by atoms with Gasteiger partial charge in [0.05, 0.1) is 11.1 Å². The lowest BCUT2D eigenvalue weighted by Gasteiger charge is -2.03. The molecule has 0 saturated carbocycles. The number of rotatable bonds is 4. The number of hydrogen-bond acceptors (Lipinski definition) is 6. The van der Waals surface area contributed by atoms with Gasteiger partial charge in [-0.25, -0.2) is 9.97 Å². The van der Waals surface area contributed by atoms with E-state index in [-0.39, 0.29) is 17.9 Å². The van der Waals surface area contributed by atoms with Crippen LogP contribution in [0.5, 0.6) is 0 Å². The molecule has 3 aromatic heterocycles. The van der Waals surface area contributed by atoms with Crippen molar-refractivity contribution in [3.05, 3.63) is 37.2 Å². The molecule has 0 unspecified atom stereocenters. The fourth-order valence-electron chi connectivity index (χ4n) is 4.16. The second-order valence-corrected chi connectivity index (χ2v) is 9.72. The van der Waals surface area contributed by atoms with Crippen LogP contribution in [0.25, 0.3) is 10.2 Å². The summed E-state index contributed by atoms with van der Waals surface area (Å²) < 4.78 is 0. The Bertz CT molecular complexity index is 1090. The third-order valence-electron chi connectivity index (χ3n) is 5.55. The summed E-state index contributed by atoms with van der Waals surface area (Å²) in [6.07, 6.45) is 9.57. The number of thiazole rings is 1. The lowest BCUT2D eigenvalue weighted by atomic mass is 10.2. The zero-order valence-electron chi connectivity index (χ0n) is 15.6. The van der Waals surface area contributed by atoms with Crippen molar-refractivity contribution >= 4 is 43.9 Å². The van der Waals surface area contributed by atoms with Gasteiger partial charge in [0.2, 0.25) is 5.91 Å². The molecule has 1 amide bonds. The Labute approximate surface area is 170 Å². The van der Waals surface area contributed by atoms with Crippen molar-refractivity contribution in [2.45, 2.75) is 64.2 Å². The van der Waals surface area contributed by atoms with Gasteiger partial charge >= 0.3 is 0 Å². The fourth-order valence-corrected chi connectivity index (χ4v) is 6.51. The predicted octanol–water partition coefficient (Wildman–Crippen LogP) is 3.77. The van der Waals surface area contributed by atoms with Gasteiger partial charge in [-0.3, -0.25) is 9.59 Å². The number of carbonyl (C=O) groups excluding carboxylic acids is 1. The SMILES string of the molecule is O=C(CCc1nc2sc3c(c2c(=O)[nH]1)CCC3)Nc1nc2c(s1)CCCCC2. The highest BCUT2D eigenvalue weighted by molar-refractivity contribution is 7.18. The summed E-state index contributed by atoms with van der Waals surface area (Å²) in [7, 11) is 0.